The van der Waals surface area contributed by atoms with E-state index in [4.69, 9.17) is 9.52 Å². The molecule has 0 aliphatic carbocycles. The molecule has 0 bridgehead atoms. The van der Waals surface area contributed by atoms with Gasteiger partial charge in [-0.05, 0) is 12.1 Å². The zero-order chi connectivity index (χ0) is 15.1. The highest BCUT2D eigenvalue weighted by atomic mass is 19.1. The first kappa shape index (κ1) is 14.2. The molecule has 0 radical (unpaired) electrons. The van der Waals surface area contributed by atoms with E-state index >= 15 is 0 Å². The summed E-state index contributed by atoms with van der Waals surface area (Å²) in [4.78, 5) is 15.2. The highest BCUT2D eigenvalue weighted by Gasteiger charge is 2.29. The van der Waals surface area contributed by atoms with Crippen LogP contribution in [-0.4, -0.2) is 16.1 Å². The first-order valence-corrected chi connectivity index (χ1v) is 5.90. The number of halogens is 2. The summed E-state index contributed by atoms with van der Waals surface area (Å²) < 4.78 is 31.7. The van der Waals surface area contributed by atoms with Crippen LogP contribution in [0.5, 0.6) is 0 Å². The summed E-state index contributed by atoms with van der Waals surface area (Å²) >= 11 is 0. The molecule has 1 aromatic heterocycles. The van der Waals surface area contributed by atoms with Gasteiger partial charge in [0.15, 0.2) is 0 Å². The molecule has 4 nitrogen and oxygen atoms in total. The van der Waals surface area contributed by atoms with Crippen LogP contribution in [0.4, 0.5) is 8.78 Å². The first-order chi connectivity index (χ1) is 9.20. The van der Waals surface area contributed by atoms with Crippen LogP contribution >= 0.6 is 0 Å². The Balaban J connectivity index is 2.62. The SMILES string of the molecule is CC(C)(C)c1nc(-c2ccc(F)cc2F)oc1C(=O)O. The Bertz CT molecular complexity index is 672. The Labute approximate surface area is 114 Å². The normalized spacial score (nSPS) is 11.7. The van der Waals surface area contributed by atoms with Crippen molar-refractivity contribution in [2.75, 3.05) is 0 Å². The third-order valence-electron chi connectivity index (χ3n) is 2.69. The molecule has 20 heavy (non-hydrogen) atoms. The molecule has 0 unspecified atom stereocenters. The molecular formula is C14H13F2NO3. The van der Waals surface area contributed by atoms with Gasteiger partial charge in [-0.25, -0.2) is 18.6 Å². The Morgan fingerprint density at radius 2 is 1.95 bits per heavy atom. The highest BCUT2D eigenvalue weighted by Crippen LogP contribution is 2.31. The number of oxazole rings is 1. The fraction of sp³-hybridized carbons (Fsp3) is 0.286. The lowest BCUT2D eigenvalue weighted by Gasteiger charge is -2.14. The van der Waals surface area contributed by atoms with E-state index in [0.29, 0.717) is 6.07 Å². The summed E-state index contributed by atoms with van der Waals surface area (Å²) in [7, 11) is 0. The Hall–Kier alpha value is -2.24. The molecule has 2 rings (SSSR count). The van der Waals surface area contributed by atoms with E-state index in [9.17, 15) is 13.6 Å². The van der Waals surface area contributed by atoms with Crippen molar-refractivity contribution >= 4 is 5.97 Å². The van der Waals surface area contributed by atoms with Crippen LogP contribution in [-0.2, 0) is 5.41 Å². The summed E-state index contributed by atoms with van der Waals surface area (Å²) in [6.07, 6.45) is 0. The van der Waals surface area contributed by atoms with Crippen LogP contribution < -0.4 is 0 Å². The zero-order valence-corrected chi connectivity index (χ0v) is 11.2. The number of hydrogen-bond acceptors (Lipinski definition) is 3. The Morgan fingerprint density at radius 1 is 1.30 bits per heavy atom. The molecule has 0 spiro atoms. The van der Waals surface area contributed by atoms with Gasteiger partial charge in [-0.2, -0.15) is 0 Å². The van der Waals surface area contributed by atoms with Crippen molar-refractivity contribution in [2.24, 2.45) is 0 Å². The first-order valence-electron chi connectivity index (χ1n) is 5.90. The van der Waals surface area contributed by atoms with Crippen LogP contribution in [0.3, 0.4) is 0 Å². The molecule has 1 heterocycles. The van der Waals surface area contributed by atoms with Crippen LogP contribution in [0.15, 0.2) is 22.6 Å². The largest absolute Gasteiger partial charge is 0.475 e. The third-order valence-corrected chi connectivity index (χ3v) is 2.69. The average Bonchev–Trinajstić information content (AvgIpc) is 2.73. The van der Waals surface area contributed by atoms with E-state index in [-0.39, 0.29) is 22.9 Å². The molecule has 0 aliphatic heterocycles. The predicted octanol–water partition coefficient (Wildman–Crippen LogP) is 3.62. The number of rotatable bonds is 2. The fourth-order valence-electron chi connectivity index (χ4n) is 1.75. The number of carboxylic acid groups (broad SMARTS) is 1. The lowest BCUT2D eigenvalue weighted by Crippen LogP contribution is -2.16. The van der Waals surface area contributed by atoms with Crippen molar-refractivity contribution < 1.29 is 23.1 Å². The van der Waals surface area contributed by atoms with Crippen LogP contribution in [0.2, 0.25) is 0 Å². The minimum Gasteiger partial charge on any atom is -0.475 e. The van der Waals surface area contributed by atoms with E-state index in [0.717, 1.165) is 12.1 Å². The third kappa shape index (κ3) is 2.54. The minimum atomic E-state index is -1.28. The molecule has 106 valence electrons. The molecule has 0 amide bonds. The number of nitrogens with zero attached hydrogens (tertiary/aromatic N) is 1. The van der Waals surface area contributed by atoms with E-state index in [1.54, 1.807) is 20.8 Å². The zero-order valence-electron chi connectivity index (χ0n) is 11.2. The minimum absolute atomic E-state index is 0.0793. The number of hydrogen-bond donors (Lipinski definition) is 1. The molecule has 0 saturated heterocycles. The van der Waals surface area contributed by atoms with Crippen molar-refractivity contribution in [3.63, 3.8) is 0 Å². The Morgan fingerprint density at radius 3 is 2.40 bits per heavy atom. The maximum atomic E-state index is 13.7. The molecule has 0 saturated carbocycles. The highest BCUT2D eigenvalue weighted by molar-refractivity contribution is 5.86. The van der Waals surface area contributed by atoms with Crippen molar-refractivity contribution in [1.82, 2.24) is 4.98 Å². The van der Waals surface area contributed by atoms with Crippen molar-refractivity contribution in [3.05, 3.63) is 41.3 Å². The maximum Gasteiger partial charge on any atom is 0.373 e. The second kappa shape index (κ2) is 4.70. The van der Waals surface area contributed by atoms with Crippen LogP contribution in [0.1, 0.15) is 37.0 Å². The van der Waals surface area contributed by atoms with Gasteiger partial charge >= 0.3 is 5.97 Å². The smallest absolute Gasteiger partial charge is 0.373 e. The van der Waals surface area contributed by atoms with Gasteiger partial charge in [-0.15, -0.1) is 0 Å². The van der Waals surface area contributed by atoms with Gasteiger partial charge in [-0.1, -0.05) is 20.8 Å². The second-order valence-corrected chi connectivity index (χ2v) is 5.38. The van der Waals surface area contributed by atoms with Gasteiger partial charge in [0.2, 0.25) is 11.7 Å². The molecule has 0 atom stereocenters. The summed E-state index contributed by atoms with van der Waals surface area (Å²) in [5, 5.41) is 9.12. The Kier molecular flexibility index (Phi) is 3.33. The van der Waals surface area contributed by atoms with Crippen molar-refractivity contribution in [1.29, 1.82) is 0 Å². The summed E-state index contributed by atoms with van der Waals surface area (Å²) in [6, 6.07) is 2.91. The molecule has 2 aromatic rings. The topological polar surface area (TPSA) is 63.3 Å². The van der Waals surface area contributed by atoms with Crippen LogP contribution in [0.25, 0.3) is 11.5 Å². The standard InChI is InChI=1S/C14H13F2NO3/c1-14(2,3)11-10(13(18)19)20-12(17-11)8-5-4-7(15)6-9(8)16/h4-6H,1-3H3,(H,18,19). The van der Waals surface area contributed by atoms with Gasteiger partial charge in [0.1, 0.15) is 17.3 Å². The van der Waals surface area contributed by atoms with E-state index < -0.39 is 23.0 Å². The fourth-order valence-corrected chi connectivity index (χ4v) is 1.75. The summed E-state index contributed by atoms with van der Waals surface area (Å²) in [5.74, 6) is -3.38. The monoisotopic (exact) mass is 281 g/mol. The lowest BCUT2D eigenvalue weighted by molar-refractivity contribution is 0.0659. The molecule has 0 aliphatic rings. The van der Waals surface area contributed by atoms with Crippen molar-refractivity contribution in [2.45, 2.75) is 26.2 Å². The van der Waals surface area contributed by atoms with Gasteiger partial charge in [-0.3, -0.25) is 0 Å². The number of benzene rings is 1. The number of carboxylic acids is 1. The number of aromatic nitrogens is 1. The number of carbonyl (C=O) groups is 1. The van der Waals surface area contributed by atoms with Crippen LogP contribution in [0, 0.1) is 11.6 Å². The van der Waals surface area contributed by atoms with Gasteiger partial charge in [0, 0.05) is 11.5 Å². The molecule has 1 aromatic carbocycles. The second-order valence-electron chi connectivity index (χ2n) is 5.38. The predicted molar refractivity (Wildman–Crippen MR) is 67.5 cm³/mol. The van der Waals surface area contributed by atoms with E-state index in [2.05, 4.69) is 4.98 Å². The van der Waals surface area contributed by atoms with E-state index in [1.165, 1.54) is 0 Å². The van der Waals surface area contributed by atoms with Gasteiger partial charge in [0.05, 0.1) is 5.56 Å². The summed E-state index contributed by atoms with van der Waals surface area (Å²) in [5.41, 5.74) is -0.445. The summed E-state index contributed by atoms with van der Waals surface area (Å²) in [6.45, 7) is 5.30. The quantitative estimate of drug-likeness (QED) is 0.913. The molecule has 0 fully saturated rings. The molecule has 1 N–H and O–H groups in total. The van der Waals surface area contributed by atoms with E-state index in [1.807, 2.05) is 0 Å². The maximum absolute atomic E-state index is 13.7. The van der Waals surface area contributed by atoms with Crippen molar-refractivity contribution in [3.8, 4) is 11.5 Å². The van der Waals surface area contributed by atoms with Gasteiger partial charge < -0.3 is 9.52 Å². The van der Waals surface area contributed by atoms with Gasteiger partial charge in [0.25, 0.3) is 0 Å². The molecular weight excluding hydrogens is 268 g/mol. The number of aromatic carboxylic acids is 1. The average molecular weight is 281 g/mol. The lowest BCUT2D eigenvalue weighted by atomic mass is 9.91. The molecule has 6 heteroatoms.